The minimum atomic E-state index is -0.730. The molecule has 24 heavy (non-hydrogen) atoms. The topological polar surface area (TPSA) is 127 Å². The summed E-state index contributed by atoms with van der Waals surface area (Å²) < 4.78 is 0. The molecule has 1 aromatic rings. The van der Waals surface area contributed by atoms with Gasteiger partial charge in [0.2, 0.25) is 11.8 Å². The van der Waals surface area contributed by atoms with Gasteiger partial charge in [-0.05, 0) is 38.4 Å². The van der Waals surface area contributed by atoms with Gasteiger partial charge >= 0.3 is 0 Å². The lowest BCUT2D eigenvalue weighted by Crippen LogP contribution is -2.52. The maximum absolute atomic E-state index is 12.1. The van der Waals surface area contributed by atoms with Crippen molar-refractivity contribution in [2.45, 2.75) is 36.7 Å². The van der Waals surface area contributed by atoms with E-state index in [4.69, 9.17) is 5.73 Å². The molecule has 1 fully saturated rings. The minimum Gasteiger partial charge on any atom is -0.366 e. The van der Waals surface area contributed by atoms with Gasteiger partial charge in [-0.3, -0.25) is 19.7 Å². The van der Waals surface area contributed by atoms with Crippen LogP contribution in [0.1, 0.15) is 30.1 Å². The maximum atomic E-state index is 12.1. The molecule has 0 spiro atoms. The molecule has 130 valence electrons. The number of nitro groups is 1. The summed E-state index contributed by atoms with van der Waals surface area (Å²) in [5, 5.41) is 17.4. The third kappa shape index (κ3) is 4.68. The fraction of sp³-hybridized carbons (Fsp3) is 0.467. The molecule has 1 saturated heterocycles. The van der Waals surface area contributed by atoms with Crippen LogP contribution < -0.4 is 16.4 Å². The Morgan fingerprint density at radius 3 is 2.88 bits per heavy atom. The van der Waals surface area contributed by atoms with Crippen LogP contribution in [-0.2, 0) is 4.79 Å². The van der Waals surface area contributed by atoms with E-state index >= 15 is 0 Å². The van der Waals surface area contributed by atoms with Crippen LogP contribution in [0, 0.1) is 10.1 Å². The van der Waals surface area contributed by atoms with Crippen LogP contribution in [-0.4, -0.2) is 41.1 Å². The molecule has 4 N–H and O–H groups in total. The summed E-state index contributed by atoms with van der Waals surface area (Å²) in [6.45, 7) is 2.96. The predicted octanol–water partition coefficient (Wildman–Crippen LogP) is 1.04. The van der Waals surface area contributed by atoms with Crippen LogP contribution >= 0.6 is 11.8 Å². The normalized spacial score (nSPS) is 20.4. The van der Waals surface area contributed by atoms with Crippen LogP contribution in [0.15, 0.2) is 23.1 Å². The first kappa shape index (κ1) is 18.2. The SMILES string of the molecule is CC1NCCCC1NC(=O)CSc1ccc(C(N)=O)cc1[N+](=O)[O-]. The van der Waals surface area contributed by atoms with Crippen molar-refractivity contribution in [3.8, 4) is 0 Å². The molecule has 0 saturated carbocycles. The number of rotatable bonds is 6. The number of benzene rings is 1. The van der Waals surface area contributed by atoms with E-state index in [1.807, 2.05) is 6.92 Å². The first-order valence-electron chi connectivity index (χ1n) is 7.62. The van der Waals surface area contributed by atoms with Crippen LogP contribution in [0.25, 0.3) is 0 Å². The number of nitrogens with one attached hydrogen (secondary N) is 2. The van der Waals surface area contributed by atoms with Gasteiger partial charge in [-0.2, -0.15) is 0 Å². The summed E-state index contributed by atoms with van der Waals surface area (Å²) in [5.74, 6) is -0.833. The number of hydrogen-bond acceptors (Lipinski definition) is 6. The molecule has 1 heterocycles. The molecule has 0 aromatic heterocycles. The van der Waals surface area contributed by atoms with Gasteiger partial charge in [-0.15, -0.1) is 11.8 Å². The van der Waals surface area contributed by atoms with Crippen LogP contribution in [0.2, 0.25) is 0 Å². The highest BCUT2D eigenvalue weighted by Gasteiger charge is 2.23. The molecule has 1 aliphatic heterocycles. The average molecular weight is 352 g/mol. The molecule has 2 unspecified atom stereocenters. The van der Waals surface area contributed by atoms with Crippen molar-refractivity contribution in [3.63, 3.8) is 0 Å². The second kappa shape index (κ2) is 8.11. The van der Waals surface area contributed by atoms with Crippen molar-refractivity contribution in [1.29, 1.82) is 0 Å². The van der Waals surface area contributed by atoms with Gasteiger partial charge in [-0.1, -0.05) is 0 Å². The molecule has 9 heteroatoms. The first-order chi connectivity index (χ1) is 11.4. The molecule has 1 aliphatic rings. The van der Waals surface area contributed by atoms with Gasteiger partial charge in [0.15, 0.2) is 0 Å². The highest BCUT2D eigenvalue weighted by atomic mass is 32.2. The van der Waals surface area contributed by atoms with Crippen molar-refractivity contribution in [2.75, 3.05) is 12.3 Å². The highest BCUT2D eigenvalue weighted by Crippen LogP contribution is 2.30. The minimum absolute atomic E-state index is 0.0672. The Morgan fingerprint density at radius 1 is 1.50 bits per heavy atom. The molecule has 0 aliphatic carbocycles. The Kier molecular flexibility index (Phi) is 6.16. The van der Waals surface area contributed by atoms with Gasteiger partial charge in [0, 0.05) is 23.7 Å². The van der Waals surface area contributed by atoms with Crippen molar-refractivity contribution in [3.05, 3.63) is 33.9 Å². The number of amides is 2. The molecular formula is C15H20N4O4S. The number of nitrogens with zero attached hydrogens (tertiary/aromatic N) is 1. The van der Waals surface area contributed by atoms with E-state index in [0.29, 0.717) is 4.90 Å². The summed E-state index contributed by atoms with van der Waals surface area (Å²) in [4.78, 5) is 34.1. The van der Waals surface area contributed by atoms with Crippen molar-refractivity contribution in [1.82, 2.24) is 10.6 Å². The van der Waals surface area contributed by atoms with Crippen LogP contribution in [0.4, 0.5) is 5.69 Å². The van der Waals surface area contributed by atoms with Crippen LogP contribution in [0.5, 0.6) is 0 Å². The number of nitro benzene ring substituents is 1. The number of carbonyl (C=O) groups excluding carboxylic acids is 2. The first-order valence-corrected chi connectivity index (χ1v) is 8.61. The third-order valence-corrected chi connectivity index (χ3v) is 4.97. The van der Waals surface area contributed by atoms with Crippen molar-refractivity contribution < 1.29 is 14.5 Å². The number of primary amides is 1. The quantitative estimate of drug-likeness (QED) is 0.399. The number of hydrogen-bond donors (Lipinski definition) is 3. The largest absolute Gasteiger partial charge is 0.366 e. The Labute approximate surface area is 143 Å². The summed E-state index contributed by atoms with van der Waals surface area (Å²) in [6, 6.07) is 4.27. The summed E-state index contributed by atoms with van der Waals surface area (Å²) in [5.41, 5.74) is 4.98. The Balaban J connectivity index is 1.99. The zero-order valence-electron chi connectivity index (χ0n) is 13.3. The lowest BCUT2D eigenvalue weighted by Gasteiger charge is -2.30. The lowest BCUT2D eigenvalue weighted by molar-refractivity contribution is -0.387. The van der Waals surface area contributed by atoms with Gasteiger partial charge in [0.25, 0.3) is 5.69 Å². The highest BCUT2D eigenvalue weighted by molar-refractivity contribution is 8.00. The lowest BCUT2D eigenvalue weighted by atomic mass is 10.00. The summed E-state index contributed by atoms with van der Waals surface area (Å²) in [7, 11) is 0. The molecule has 1 aromatic carbocycles. The molecule has 8 nitrogen and oxygen atoms in total. The molecule has 2 atom stereocenters. The summed E-state index contributed by atoms with van der Waals surface area (Å²) in [6.07, 6.45) is 1.92. The number of piperidine rings is 1. The smallest absolute Gasteiger partial charge is 0.283 e. The van der Waals surface area contributed by atoms with Crippen molar-refractivity contribution >= 4 is 29.3 Å². The molecule has 2 amide bonds. The number of thioether (sulfide) groups is 1. The molecular weight excluding hydrogens is 332 g/mol. The van der Waals surface area contributed by atoms with Crippen LogP contribution in [0.3, 0.4) is 0 Å². The van der Waals surface area contributed by atoms with Crippen molar-refractivity contribution in [2.24, 2.45) is 5.73 Å². The molecule has 2 rings (SSSR count). The standard InChI is InChI=1S/C15H20N4O4S/c1-9-11(3-2-6-17-9)18-14(20)8-24-13-5-4-10(15(16)21)7-12(13)19(22)23/h4-5,7,9,11,17H,2-3,6,8H2,1H3,(H2,16,21)(H,18,20). The van der Waals surface area contributed by atoms with Gasteiger partial charge in [-0.25, -0.2) is 0 Å². The van der Waals surface area contributed by atoms with E-state index in [1.165, 1.54) is 12.1 Å². The fourth-order valence-corrected chi connectivity index (χ4v) is 3.38. The zero-order valence-corrected chi connectivity index (χ0v) is 14.1. The van der Waals surface area contributed by atoms with Gasteiger partial charge in [0.05, 0.1) is 15.6 Å². The predicted molar refractivity (Wildman–Crippen MR) is 91.0 cm³/mol. The zero-order chi connectivity index (χ0) is 17.7. The maximum Gasteiger partial charge on any atom is 0.283 e. The second-order valence-corrected chi connectivity index (χ2v) is 6.67. The van der Waals surface area contributed by atoms with E-state index in [0.717, 1.165) is 37.2 Å². The van der Waals surface area contributed by atoms with Gasteiger partial charge < -0.3 is 16.4 Å². The molecule has 0 bridgehead atoms. The third-order valence-electron chi connectivity index (χ3n) is 3.91. The van der Waals surface area contributed by atoms with E-state index < -0.39 is 10.8 Å². The number of nitrogens with two attached hydrogens (primary N) is 1. The van der Waals surface area contributed by atoms with E-state index in [9.17, 15) is 19.7 Å². The van der Waals surface area contributed by atoms with E-state index in [2.05, 4.69) is 10.6 Å². The Bertz CT molecular complexity index is 652. The van der Waals surface area contributed by atoms with Gasteiger partial charge in [0.1, 0.15) is 0 Å². The van der Waals surface area contributed by atoms with E-state index in [1.54, 1.807) is 0 Å². The Morgan fingerprint density at radius 2 is 2.25 bits per heavy atom. The monoisotopic (exact) mass is 352 g/mol. The average Bonchev–Trinajstić information content (AvgIpc) is 2.54. The second-order valence-electron chi connectivity index (χ2n) is 5.65. The Hall–Kier alpha value is -2.13. The van der Waals surface area contributed by atoms with E-state index in [-0.39, 0.29) is 35.0 Å². The number of carbonyl (C=O) groups is 2. The fourth-order valence-electron chi connectivity index (χ4n) is 2.57. The summed E-state index contributed by atoms with van der Waals surface area (Å²) >= 11 is 1.07. The molecule has 0 radical (unpaired) electrons.